The van der Waals surface area contributed by atoms with E-state index in [2.05, 4.69) is 44.9 Å². The Hall–Kier alpha value is 0.310. The van der Waals surface area contributed by atoms with E-state index >= 15 is 0 Å². The molecule has 0 aromatic carbocycles. The lowest BCUT2D eigenvalue weighted by Crippen LogP contribution is -2.37. The first-order chi connectivity index (χ1) is 7.65. The second-order valence-corrected chi connectivity index (χ2v) is 6.99. The molecule has 1 rings (SSSR count). The van der Waals surface area contributed by atoms with Crippen LogP contribution >= 0.6 is 11.8 Å². The standard InChI is InChI=1S/C14H29NS/c1-11(2)12(3)16-10-14(15-4)13-8-6-5-7-9-13/h11-15H,5-10H2,1-4H3. The van der Waals surface area contributed by atoms with E-state index in [1.165, 1.54) is 37.9 Å². The summed E-state index contributed by atoms with van der Waals surface area (Å²) in [5.74, 6) is 3.03. The van der Waals surface area contributed by atoms with Crippen LogP contribution in [0.25, 0.3) is 0 Å². The molecule has 0 saturated heterocycles. The lowest BCUT2D eigenvalue weighted by atomic mass is 9.84. The predicted molar refractivity (Wildman–Crippen MR) is 76.2 cm³/mol. The van der Waals surface area contributed by atoms with Crippen molar-refractivity contribution in [3.63, 3.8) is 0 Å². The lowest BCUT2D eigenvalue weighted by molar-refractivity contribution is 0.294. The highest BCUT2D eigenvalue weighted by molar-refractivity contribution is 7.99. The quantitative estimate of drug-likeness (QED) is 0.758. The van der Waals surface area contributed by atoms with Crippen molar-refractivity contribution >= 4 is 11.8 Å². The van der Waals surface area contributed by atoms with Gasteiger partial charge in [0.2, 0.25) is 0 Å². The molecule has 1 nitrogen and oxygen atoms in total. The fraction of sp³-hybridized carbons (Fsp3) is 1.00. The van der Waals surface area contributed by atoms with Crippen molar-refractivity contribution in [2.75, 3.05) is 12.8 Å². The van der Waals surface area contributed by atoms with E-state index in [4.69, 9.17) is 0 Å². The Balaban J connectivity index is 2.30. The van der Waals surface area contributed by atoms with Crippen molar-refractivity contribution in [2.45, 2.75) is 64.2 Å². The van der Waals surface area contributed by atoms with Crippen LogP contribution < -0.4 is 5.32 Å². The molecule has 1 fully saturated rings. The smallest absolute Gasteiger partial charge is 0.0183 e. The van der Waals surface area contributed by atoms with Crippen LogP contribution in [0.5, 0.6) is 0 Å². The molecule has 0 aliphatic heterocycles. The zero-order valence-corrected chi connectivity index (χ0v) is 12.3. The maximum absolute atomic E-state index is 3.55. The van der Waals surface area contributed by atoms with Gasteiger partial charge in [-0.25, -0.2) is 0 Å². The summed E-state index contributed by atoms with van der Waals surface area (Å²) in [6.45, 7) is 7.02. The molecule has 96 valence electrons. The summed E-state index contributed by atoms with van der Waals surface area (Å²) < 4.78 is 0. The average Bonchev–Trinajstić information content (AvgIpc) is 2.30. The number of rotatable bonds is 6. The first-order valence-electron chi connectivity index (χ1n) is 6.94. The molecular weight excluding hydrogens is 214 g/mol. The van der Waals surface area contributed by atoms with Crippen molar-refractivity contribution in [3.05, 3.63) is 0 Å². The van der Waals surface area contributed by atoms with Crippen molar-refractivity contribution in [2.24, 2.45) is 11.8 Å². The summed E-state index contributed by atoms with van der Waals surface area (Å²) >= 11 is 2.15. The second-order valence-electron chi connectivity index (χ2n) is 5.58. The Labute approximate surface area is 106 Å². The monoisotopic (exact) mass is 243 g/mol. The van der Waals surface area contributed by atoms with Gasteiger partial charge in [0, 0.05) is 17.0 Å². The predicted octanol–water partition coefficient (Wildman–Crippen LogP) is 3.93. The van der Waals surface area contributed by atoms with Crippen LogP contribution in [0.15, 0.2) is 0 Å². The third-order valence-electron chi connectivity index (χ3n) is 4.07. The van der Waals surface area contributed by atoms with Crippen LogP contribution in [0.3, 0.4) is 0 Å². The van der Waals surface area contributed by atoms with Gasteiger partial charge < -0.3 is 5.32 Å². The minimum Gasteiger partial charge on any atom is -0.316 e. The molecule has 0 bridgehead atoms. The number of thioether (sulfide) groups is 1. The summed E-state index contributed by atoms with van der Waals surface area (Å²) in [5.41, 5.74) is 0. The van der Waals surface area contributed by atoms with E-state index < -0.39 is 0 Å². The largest absolute Gasteiger partial charge is 0.316 e. The van der Waals surface area contributed by atoms with E-state index in [0.29, 0.717) is 0 Å². The van der Waals surface area contributed by atoms with Crippen LogP contribution in [-0.2, 0) is 0 Å². The van der Waals surface area contributed by atoms with Gasteiger partial charge >= 0.3 is 0 Å². The third-order valence-corrected chi connectivity index (χ3v) is 5.69. The van der Waals surface area contributed by atoms with Crippen LogP contribution in [0.2, 0.25) is 0 Å². The van der Waals surface area contributed by atoms with Crippen molar-refractivity contribution < 1.29 is 0 Å². The van der Waals surface area contributed by atoms with E-state index in [1.807, 2.05) is 0 Å². The average molecular weight is 243 g/mol. The van der Waals surface area contributed by atoms with Gasteiger partial charge in [-0.2, -0.15) is 11.8 Å². The van der Waals surface area contributed by atoms with Crippen LogP contribution in [-0.4, -0.2) is 24.1 Å². The molecule has 1 aliphatic rings. The molecule has 0 spiro atoms. The van der Waals surface area contributed by atoms with Gasteiger partial charge in [0.05, 0.1) is 0 Å². The first-order valence-corrected chi connectivity index (χ1v) is 7.99. The van der Waals surface area contributed by atoms with Gasteiger partial charge in [-0.3, -0.25) is 0 Å². The Morgan fingerprint density at radius 2 is 1.75 bits per heavy atom. The zero-order valence-electron chi connectivity index (χ0n) is 11.5. The topological polar surface area (TPSA) is 12.0 Å². The van der Waals surface area contributed by atoms with E-state index in [1.54, 1.807) is 0 Å². The highest BCUT2D eigenvalue weighted by Crippen LogP contribution is 2.29. The van der Waals surface area contributed by atoms with Gasteiger partial charge in [0.15, 0.2) is 0 Å². The van der Waals surface area contributed by atoms with Gasteiger partial charge in [-0.15, -0.1) is 0 Å². The van der Waals surface area contributed by atoms with Gasteiger partial charge in [-0.1, -0.05) is 40.0 Å². The Kier molecular flexibility index (Phi) is 6.83. The molecule has 0 aromatic heterocycles. The molecule has 1 saturated carbocycles. The molecule has 0 amide bonds. The Morgan fingerprint density at radius 1 is 1.12 bits per heavy atom. The maximum Gasteiger partial charge on any atom is 0.0183 e. The van der Waals surface area contributed by atoms with Gasteiger partial charge in [0.25, 0.3) is 0 Å². The molecule has 2 heteroatoms. The first kappa shape index (κ1) is 14.4. The summed E-state index contributed by atoms with van der Waals surface area (Å²) in [4.78, 5) is 0. The molecule has 0 heterocycles. The third kappa shape index (κ3) is 4.67. The van der Waals surface area contributed by atoms with Gasteiger partial charge in [0.1, 0.15) is 0 Å². The second kappa shape index (κ2) is 7.60. The van der Waals surface area contributed by atoms with Crippen molar-refractivity contribution in [1.82, 2.24) is 5.32 Å². The molecule has 2 unspecified atom stereocenters. The van der Waals surface area contributed by atoms with E-state index in [0.717, 1.165) is 23.1 Å². The van der Waals surface area contributed by atoms with Crippen LogP contribution in [0.4, 0.5) is 0 Å². The molecule has 1 N–H and O–H groups in total. The normalized spacial score (nSPS) is 22.3. The Morgan fingerprint density at radius 3 is 2.25 bits per heavy atom. The lowest BCUT2D eigenvalue weighted by Gasteiger charge is -2.31. The summed E-state index contributed by atoms with van der Waals surface area (Å²) in [6, 6.07) is 0.742. The molecule has 2 atom stereocenters. The molecule has 0 aromatic rings. The van der Waals surface area contributed by atoms with Crippen LogP contribution in [0, 0.1) is 11.8 Å². The summed E-state index contributed by atoms with van der Waals surface area (Å²) in [5, 5.41) is 4.34. The van der Waals surface area contributed by atoms with Gasteiger partial charge in [-0.05, 0) is 31.7 Å². The highest BCUT2D eigenvalue weighted by atomic mass is 32.2. The Bertz CT molecular complexity index is 176. The van der Waals surface area contributed by atoms with E-state index in [9.17, 15) is 0 Å². The highest BCUT2D eigenvalue weighted by Gasteiger charge is 2.23. The fourth-order valence-corrected chi connectivity index (χ4v) is 3.77. The van der Waals surface area contributed by atoms with Crippen molar-refractivity contribution in [1.29, 1.82) is 0 Å². The zero-order chi connectivity index (χ0) is 12.0. The molecule has 1 aliphatic carbocycles. The minimum atomic E-state index is 0.742. The summed E-state index contributed by atoms with van der Waals surface area (Å²) in [7, 11) is 2.14. The molecule has 0 radical (unpaired) electrons. The molecular formula is C14H29NS. The van der Waals surface area contributed by atoms with Crippen molar-refractivity contribution in [3.8, 4) is 0 Å². The molecule has 16 heavy (non-hydrogen) atoms. The number of hydrogen-bond acceptors (Lipinski definition) is 2. The van der Waals surface area contributed by atoms with E-state index in [-0.39, 0.29) is 0 Å². The minimum absolute atomic E-state index is 0.742. The number of nitrogens with one attached hydrogen (secondary N) is 1. The fourth-order valence-electron chi connectivity index (χ4n) is 2.44. The SMILES string of the molecule is CNC(CSC(C)C(C)C)C1CCCCC1. The van der Waals surface area contributed by atoms with Crippen LogP contribution in [0.1, 0.15) is 52.9 Å². The number of hydrogen-bond donors (Lipinski definition) is 1. The summed E-state index contributed by atoms with van der Waals surface area (Å²) in [6.07, 6.45) is 7.26. The maximum atomic E-state index is 3.55.